The highest BCUT2D eigenvalue weighted by molar-refractivity contribution is 6.30. The van der Waals surface area contributed by atoms with Crippen molar-refractivity contribution in [3.8, 4) is 5.75 Å². The first-order chi connectivity index (χ1) is 15.2. The second-order valence-corrected chi connectivity index (χ2v) is 7.96. The summed E-state index contributed by atoms with van der Waals surface area (Å²) < 4.78 is 11.3. The van der Waals surface area contributed by atoms with Gasteiger partial charge in [0.15, 0.2) is 0 Å². The Balaban J connectivity index is 1.65. The lowest BCUT2D eigenvalue weighted by molar-refractivity contribution is 0.0526. The van der Waals surface area contributed by atoms with E-state index in [9.17, 15) is 4.79 Å². The number of hydrogen-bond donors (Lipinski definition) is 0. The molecule has 0 amide bonds. The van der Waals surface area contributed by atoms with Gasteiger partial charge in [-0.3, -0.25) is 0 Å². The molecule has 0 spiro atoms. The summed E-state index contributed by atoms with van der Waals surface area (Å²) in [4.78, 5) is 12.0. The van der Waals surface area contributed by atoms with E-state index in [1.165, 1.54) is 11.1 Å². The number of rotatable bonds is 7. The van der Waals surface area contributed by atoms with Crippen LogP contribution in [0.5, 0.6) is 5.75 Å². The van der Waals surface area contributed by atoms with Gasteiger partial charge in [0.05, 0.1) is 12.2 Å². The molecule has 31 heavy (non-hydrogen) atoms. The Morgan fingerprint density at radius 1 is 0.935 bits per heavy atom. The van der Waals surface area contributed by atoms with Gasteiger partial charge in [-0.2, -0.15) is 0 Å². The molecule has 0 N–H and O–H groups in total. The van der Waals surface area contributed by atoms with Crippen molar-refractivity contribution in [1.29, 1.82) is 0 Å². The van der Waals surface area contributed by atoms with Crippen molar-refractivity contribution in [1.82, 2.24) is 0 Å². The molecule has 0 heterocycles. The van der Waals surface area contributed by atoms with Crippen molar-refractivity contribution < 1.29 is 14.3 Å². The molecule has 0 aliphatic heterocycles. The smallest absolute Gasteiger partial charge is 0.338 e. The fraction of sp³-hybridized carbons (Fsp3) is 0.222. The van der Waals surface area contributed by atoms with Gasteiger partial charge >= 0.3 is 5.97 Å². The Labute approximate surface area is 188 Å². The second kappa shape index (κ2) is 9.84. The third-order valence-electron chi connectivity index (χ3n) is 5.47. The number of allylic oxidation sites excluding steroid dienone is 2. The molecule has 3 aromatic rings. The van der Waals surface area contributed by atoms with Crippen LogP contribution in [-0.4, -0.2) is 12.6 Å². The van der Waals surface area contributed by atoms with E-state index in [2.05, 4.69) is 12.1 Å². The highest BCUT2D eigenvalue weighted by Crippen LogP contribution is 2.43. The molecular weight excluding hydrogens is 408 g/mol. The Morgan fingerprint density at radius 2 is 1.68 bits per heavy atom. The zero-order valence-electron chi connectivity index (χ0n) is 17.6. The van der Waals surface area contributed by atoms with E-state index >= 15 is 0 Å². The van der Waals surface area contributed by atoms with Gasteiger partial charge in [-0.15, -0.1) is 0 Å². The molecule has 1 aliphatic carbocycles. The van der Waals surface area contributed by atoms with Crippen LogP contribution in [0.4, 0.5) is 0 Å². The van der Waals surface area contributed by atoms with E-state index in [0.717, 1.165) is 41.7 Å². The zero-order chi connectivity index (χ0) is 21.6. The Hall–Kier alpha value is -3.04. The van der Waals surface area contributed by atoms with Crippen molar-refractivity contribution in [3.63, 3.8) is 0 Å². The van der Waals surface area contributed by atoms with E-state index in [0.29, 0.717) is 23.8 Å². The van der Waals surface area contributed by atoms with Crippen LogP contribution in [0.15, 0.2) is 72.8 Å². The molecule has 1 aliphatic rings. The summed E-state index contributed by atoms with van der Waals surface area (Å²) in [7, 11) is 0. The number of ether oxygens (including phenoxy) is 2. The lowest BCUT2D eigenvalue weighted by Crippen LogP contribution is -2.04. The Morgan fingerprint density at radius 3 is 2.42 bits per heavy atom. The van der Waals surface area contributed by atoms with Crippen LogP contribution >= 0.6 is 11.6 Å². The lowest BCUT2D eigenvalue weighted by atomic mass is 9.96. The van der Waals surface area contributed by atoms with Gasteiger partial charge in [0.1, 0.15) is 12.4 Å². The number of carbonyl (C=O) groups is 1. The van der Waals surface area contributed by atoms with Crippen LogP contribution < -0.4 is 4.74 Å². The van der Waals surface area contributed by atoms with Crippen LogP contribution in [0.1, 0.15) is 53.2 Å². The molecule has 158 valence electrons. The number of halogens is 1. The molecule has 4 heteroatoms. The van der Waals surface area contributed by atoms with E-state index in [1.54, 1.807) is 0 Å². The van der Waals surface area contributed by atoms with Gasteiger partial charge in [-0.25, -0.2) is 4.79 Å². The quantitative estimate of drug-likeness (QED) is 0.370. The maximum atomic E-state index is 12.0. The topological polar surface area (TPSA) is 35.5 Å². The summed E-state index contributed by atoms with van der Waals surface area (Å²) in [6.07, 6.45) is 3.03. The molecule has 3 nitrogen and oxygen atoms in total. The third kappa shape index (κ3) is 5.00. The minimum absolute atomic E-state index is 0.291. The standard InChI is InChI=1S/C27H25ClO3/c1-2-30-27(29)21-13-11-20(12-14-21)23-9-6-10-24(23)25-17-22(28)15-16-26(25)31-18-19-7-4-3-5-8-19/h3-5,7-8,11-17H,2,6,9-10,18H2,1H3. The van der Waals surface area contributed by atoms with Gasteiger partial charge in [0.25, 0.3) is 0 Å². The lowest BCUT2D eigenvalue weighted by Gasteiger charge is -2.15. The van der Waals surface area contributed by atoms with E-state index < -0.39 is 0 Å². The maximum Gasteiger partial charge on any atom is 0.338 e. The summed E-state index contributed by atoms with van der Waals surface area (Å²) >= 11 is 6.36. The van der Waals surface area contributed by atoms with Crippen molar-refractivity contribution in [2.75, 3.05) is 6.61 Å². The van der Waals surface area contributed by atoms with Crippen LogP contribution in [0, 0.1) is 0 Å². The van der Waals surface area contributed by atoms with Gasteiger partial charge in [-0.1, -0.05) is 54.1 Å². The molecule has 3 aromatic carbocycles. The molecule has 0 radical (unpaired) electrons. The number of benzene rings is 3. The minimum Gasteiger partial charge on any atom is -0.488 e. The van der Waals surface area contributed by atoms with Gasteiger partial charge < -0.3 is 9.47 Å². The fourth-order valence-electron chi connectivity index (χ4n) is 3.98. The maximum absolute atomic E-state index is 12.0. The van der Waals surface area contributed by atoms with Crippen LogP contribution in [0.25, 0.3) is 11.1 Å². The van der Waals surface area contributed by atoms with Crippen LogP contribution in [0.2, 0.25) is 5.02 Å². The zero-order valence-corrected chi connectivity index (χ0v) is 18.3. The fourth-order valence-corrected chi connectivity index (χ4v) is 4.15. The summed E-state index contributed by atoms with van der Waals surface area (Å²) in [6.45, 7) is 2.69. The first kappa shape index (κ1) is 21.2. The summed E-state index contributed by atoms with van der Waals surface area (Å²) in [5.41, 5.74) is 6.40. The van der Waals surface area contributed by atoms with E-state index in [-0.39, 0.29) is 5.97 Å². The second-order valence-electron chi connectivity index (χ2n) is 7.52. The van der Waals surface area contributed by atoms with Crippen LogP contribution in [-0.2, 0) is 11.3 Å². The number of esters is 1. The van der Waals surface area contributed by atoms with Crippen molar-refractivity contribution in [2.24, 2.45) is 0 Å². The van der Waals surface area contributed by atoms with Gasteiger partial charge in [0, 0.05) is 10.6 Å². The summed E-state index contributed by atoms with van der Waals surface area (Å²) in [5, 5.41) is 0.693. The molecule has 0 saturated heterocycles. The molecule has 0 aromatic heterocycles. The van der Waals surface area contributed by atoms with E-state index in [1.807, 2.05) is 67.6 Å². The molecule has 0 bridgehead atoms. The normalized spacial score (nSPS) is 13.4. The van der Waals surface area contributed by atoms with E-state index in [4.69, 9.17) is 21.1 Å². The first-order valence-corrected chi connectivity index (χ1v) is 11.0. The molecular formula is C27H25ClO3. The Kier molecular flexibility index (Phi) is 6.73. The number of carbonyl (C=O) groups excluding carboxylic acids is 1. The molecule has 0 fully saturated rings. The van der Waals surface area contributed by atoms with Crippen molar-refractivity contribution in [3.05, 3.63) is 100 Å². The molecule has 0 saturated carbocycles. The predicted molar refractivity (Wildman–Crippen MR) is 125 cm³/mol. The molecule has 0 atom stereocenters. The third-order valence-corrected chi connectivity index (χ3v) is 5.70. The highest BCUT2D eigenvalue weighted by Gasteiger charge is 2.21. The average Bonchev–Trinajstić information content (AvgIpc) is 3.29. The monoisotopic (exact) mass is 432 g/mol. The van der Waals surface area contributed by atoms with Crippen LogP contribution in [0.3, 0.4) is 0 Å². The summed E-state index contributed by atoms with van der Waals surface area (Å²) in [5.74, 6) is 0.548. The molecule has 4 rings (SSSR count). The Bertz CT molecular complexity index is 1090. The summed E-state index contributed by atoms with van der Waals surface area (Å²) in [6, 6.07) is 23.6. The SMILES string of the molecule is CCOC(=O)c1ccc(C2=C(c3cc(Cl)ccc3OCc3ccccc3)CCC2)cc1. The average molecular weight is 433 g/mol. The highest BCUT2D eigenvalue weighted by atomic mass is 35.5. The van der Waals surface area contributed by atoms with Crippen molar-refractivity contribution in [2.45, 2.75) is 32.8 Å². The van der Waals surface area contributed by atoms with Gasteiger partial charge in [0.2, 0.25) is 0 Å². The largest absolute Gasteiger partial charge is 0.488 e. The van der Waals surface area contributed by atoms with Crippen molar-refractivity contribution >= 4 is 28.7 Å². The van der Waals surface area contributed by atoms with Gasteiger partial charge in [-0.05, 0) is 78.8 Å². The predicted octanol–water partition coefficient (Wildman–Crippen LogP) is 7.19. The number of hydrogen-bond acceptors (Lipinski definition) is 3. The minimum atomic E-state index is -0.291. The molecule has 0 unspecified atom stereocenters. The first-order valence-electron chi connectivity index (χ1n) is 10.6.